The largest absolute Gasteiger partial charge is 0.280 e. The van der Waals surface area contributed by atoms with E-state index in [9.17, 15) is 4.79 Å². The molecule has 0 amide bonds. The van der Waals surface area contributed by atoms with Gasteiger partial charge in [-0.25, -0.2) is 0 Å². The second-order valence-electron chi connectivity index (χ2n) is 3.19. The minimum absolute atomic E-state index is 0.0900. The lowest BCUT2D eigenvalue weighted by Crippen LogP contribution is -1.90. The van der Waals surface area contributed by atoms with E-state index >= 15 is 0 Å². The fourth-order valence-corrected chi connectivity index (χ4v) is 1.48. The molecule has 0 fully saturated rings. The Hall–Kier alpha value is -1.29. The van der Waals surface area contributed by atoms with Gasteiger partial charge < -0.3 is 0 Å². The van der Waals surface area contributed by atoms with Crippen LogP contribution in [0.2, 0.25) is 0 Å². The van der Waals surface area contributed by atoms with E-state index in [-0.39, 0.29) is 5.78 Å². The Morgan fingerprint density at radius 2 is 2.38 bits per heavy atom. The Kier molecular flexibility index (Phi) is 3.52. The molecule has 0 saturated heterocycles. The summed E-state index contributed by atoms with van der Waals surface area (Å²) < 4.78 is 0. The maximum absolute atomic E-state index is 11.1. The molecule has 1 nitrogen and oxygen atoms in total. The zero-order valence-electron chi connectivity index (χ0n) is 8.18. The predicted octanol–water partition coefficient (Wildman–Crippen LogP) is 2.64. The van der Waals surface area contributed by atoms with Crippen molar-refractivity contribution in [3.8, 4) is 11.8 Å². The number of rotatable bonds is 2. The molecule has 0 N–H and O–H groups in total. The van der Waals surface area contributed by atoms with Gasteiger partial charge in [0, 0.05) is 0 Å². The van der Waals surface area contributed by atoms with Gasteiger partial charge in [-0.1, -0.05) is 12.0 Å². The highest BCUT2D eigenvalue weighted by molar-refractivity contribution is 6.04. The third-order valence-electron chi connectivity index (χ3n) is 2.14. The van der Waals surface area contributed by atoms with Crippen LogP contribution in [0.1, 0.15) is 33.1 Å². The van der Waals surface area contributed by atoms with Crippen molar-refractivity contribution in [2.75, 3.05) is 0 Å². The SMILES string of the molecule is CC#CC(=O)/C=C(/C)C1=CCCC1. The Morgan fingerprint density at radius 3 is 2.92 bits per heavy atom. The minimum Gasteiger partial charge on any atom is -0.280 e. The van der Waals surface area contributed by atoms with E-state index in [0.717, 1.165) is 18.4 Å². The normalized spacial score (nSPS) is 16.2. The minimum atomic E-state index is -0.0900. The van der Waals surface area contributed by atoms with Crippen LogP contribution in [0.5, 0.6) is 0 Å². The molecule has 0 aromatic carbocycles. The van der Waals surface area contributed by atoms with Crippen molar-refractivity contribution in [1.82, 2.24) is 0 Å². The maximum atomic E-state index is 11.1. The molecule has 0 heterocycles. The smallest absolute Gasteiger partial charge is 0.228 e. The van der Waals surface area contributed by atoms with Gasteiger partial charge in [0.05, 0.1) is 0 Å². The highest BCUT2D eigenvalue weighted by Crippen LogP contribution is 2.23. The van der Waals surface area contributed by atoms with Crippen molar-refractivity contribution in [2.24, 2.45) is 0 Å². The highest BCUT2D eigenvalue weighted by atomic mass is 16.1. The first kappa shape index (κ1) is 9.80. The topological polar surface area (TPSA) is 17.1 Å². The highest BCUT2D eigenvalue weighted by Gasteiger charge is 2.06. The van der Waals surface area contributed by atoms with Crippen LogP contribution in [0.15, 0.2) is 23.3 Å². The third-order valence-corrected chi connectivity index (χ3v) is 2.14. The van der Waals surface area contributed by atoms with Crippen LogP contribution in [-0.2, 0) is 4.79 Å². The van der Waals surface area contributed by atoms with Crippen LogP contribution in [0, 0.1) is 11.8 Å². The van der Waals surface area contributed by atoms with Gasteiger partial charge in [-0.05, 0) is 56.3 Å². The lowest BCUT2D eigenvalue weighted by molar-refractivity contribution is -0.109. The summed E-state index contributed by atoms with van der Waals surface area (Å²) in [7, 11) is 0. The van der Waals surface area contributed by atoms with Gasteiger partial charge in [-0.3, -0.25) is 4.79 Å². The molecule has 0 aromatic heterocycles. The molecule has 0 unspecified atom stereocenters. The first-order chi connectivity index (χ1) is 6.24. The average molecular weight is 174 g/mol. The summed E-state index contributed by atoms with van der Waals surface area (Å²) in [5, 5.41) is 0. The third kappa shape index (κ3) is 2.91. The number of hydrogen-bond acceptors (Lipinski definition) is 1. The fourth-order valence-electron chi connectivity index (χ4n) is 1.48. The molecule has 68 valence electrons. The molecule has 0 aliphatic heterocycles. The number of carbonyl (C=O) groups is 1. The first-order valence-corrected chi connectivity index (χ1v) is 4.58. The number of carbonyl (C=O) groups excluding carboxylic acids is 1. The first-order valence-electron chi connectivity index (χ1n) is 4.58. The Labute approximate surface area is 79.5 Å². The summed E-state index contributed by atoms with van der Waals surface area (Å²) in [5.41, 5.74) is 2.39. The second-order valence-corrected chi connectivity index (χ2v) is 3.19. The standard InChI is InChI=1S/C12H14O/c1-3-6-12(13)9-10(2)11-7-4-5-8-11/h7,9H,4-5,8H2,1-2H3/b10-9-. The molecule has 1 aliphatic carbocycles. The monoisotopic (exact) mass is 174 g/mol. The lowest BCUT2D eigenvalue weighted by Gasteiger charge is -1.98. The fraction of sp³-hybridized carbons (Fsp3) is 0.417. The van der Waals surface area contributed by atoms with Gasteiger partial charge in [0.15, 0.2) is 0 Å². The van der Waals surface area contributed by atoms with Gasteiger partial charge in [-0.15, -0.1) is 0 Å². The number of allylic oxidation sites excluding steroid dienone is 4. The quantitative estimate of drug-likeness (QED) is 0.357. The molecule has 0 radical (unpaired) electrons. The van der Waals surface area contributed by atoms with E-state index in [4.69, 9.17) is 0 Å². The molecule has 13 heavy (non-hydrogen) atoms. The molecule has 1 heteroatoms. The van der Waals surface area contributed by atoms with Gasteiger partial charge in [0.25, 0.3) is 0 Å². The molecule has 0 saturated carbocycles. The summed E-state index contributed by atoms with van der Waals surface area (Å²) in [6.07, 6.45) is 7.31. The van der Waals surface area contributed by atoms with Crippen molar-refractivity contribution in [1.29, 1.82) is 0 Å². The van der Waals surface area contributed by atoms with E-state index in [1.165, 1.54) is 12.0 Å². The average Bonchev–Trinajstić information content (AvgIpc) is 2.55. The zero-order chi connectivity index (χ0) is 9.68. The van der Waals surface area contributed by atoms with Gasteiger partial charge in [0.2, 0.25) is 5.78 Å². The number of hydrogen-bond donors (Lipinski definition) is 0. The summed E-state index contributed by atoms with van der Waals surface area (Å²) in [6.45, 7) is 3.66. The van der Waals surface area contributed by atoms with Gasteiger partial charge >= 0.3 is 0 Å². The van der Waals surface area contributed by atoms with Crippen molar-refractivity contribution in [3.63, 3.8) is 0 Å². The van der Waals surface area contributed by atoms with Crippen molar-refractivity contribution in [2.45, 2.75) is 33.1 Å². The van der Waals surface area contributed by atoms with Crippen LogP contribution in [-0.4, -0.2) is 5.78 Å². The van der Waals surface area contributed by atoms with Crippen molar-refractivity contribution >= 4 is 5.78 Å². The maximum Gasteiger partial charge on any atom is 0.228 e. The number of ketones is 1. The molecule has 0 atom stereocenters. The second kappa shape index (κ2) is 4.67. The summed E-state index contributed by atoms with van der Waals surface area (Å²) in [5.74, 6) is 5.02. The summed E-state index contributed by atoms with van der Waals surface area (Å²) in [4.78, 5) is 11.1. The molecule has 0 bridgehead atoms. The van der Waals surface area contributed by atoms with Crippen LogP contribution >= 0.6 is 0 Å². The molecule has 0 spiro atoms. The van der Waals surface area contributed by atoms with Gasteiger partial charge in [-0.2, -0.15) is 0 Å². The van der Waals surface area contributed by atoms with Crippen LogP contribution in [0.25, 0.3) is 0 Å². The van der Waals surface area contributed by atoms with E-state index < -0.39 is 0 Å². The van der Waals surface area contributed by atoms with Crippen LogP contribution in [0.3, 0.4) is 0 Å². The van der Waals surface area contributed by atoms with E-state index in [0.29, 0.717) is 0 Å². The molecule has 0 aromatic rings. The molecular formula is C12H14O. The Bertz CT molecular complexity index is 321. The Morgan fingerprint density at radius 1 is 1.62 bits per heavy atom. The van der Waals surface area contributed by atoms with Crippen molar-refractivity contribution < 1.29 is 4.79 Å². The van der Waals surface area contributed by atoms with E-state index in [2.05, 4.69) is 17.9 Å². The Balaban J connectivity index is 2.68. The molecular weight excluding hydrogens is 160 g/mol. The van der Waals surface area contributed by atoms with Crippen molar-refractivity contribution in [3.05, 3.63) is 23.3 Å². The molecule has 1 rings (SSSR count). The lowest BCUT2D eigenvalue weighted by atomic mass is 10.1. The zero-order valence-corrected chi connectivity index (χ0v) is 8.18. The van der Waals surface area contributed by atoms with Crippen LogP contribution in [0.4, 0.5) is 0 Å². The van der Waals surface area contributed by atoms with E-state index in [1.54, 1.807) is 13.0 Å². The molecule has 1 aliphatic rings. The van der Waals surface area contributed by atoms with E-state index in [1.807, 2.05) is 6.92 Å². The van der Waals surface area contributed by atoms with Crippen LogP contribution < -0.4 is 0 Å². The summed E-state index contributed by atoms with van der Waals surface area (Å²) >= 11 is 0. The predicted molar refractivity (Wildman–Crippen MR) is 54.1 cm³/mol. The van der Waals surface area contributed by atoms with Gasteiger partial charge in [0.1, 0.15) is 0 Å². The summed E-state index contributed by atoms with van der Waals surface area (Å²) in [6, 6.07) is 0.